The zero-order valence-electron chi connectivity index (χ0n) is 13.1. The SMILES string of the molecule is CCC(=O)Nc1ccc(S(=O)(=O)Nc2cc(C)nc(C)n2)cc1. The Labute approximate surface area is 135 Å². The first-order chi connectivity index (χ1) is 10.8. The van der Waals surface area contributed by atoms with E-state index in [0.717, 1.165) is 0 Å². The van der Waals surface area contributed by atoms with E-state index < -0.39 is 10.0 Å². The Balaban J connectivity index is 2.20. The largest absolute Gasteiger partial charge is 0.326 e. The molecule has 1 aromatic heterocycles. The van der Waals surface area contributed by atoms with Crippen molar-refractivity contribution in [3.8, 4) is 0 Å². The number of anilines is 2. The van der Waals surface area contributed by atoms with Gasteiger partial charge in [-0.05, 0) is 38.1 Å². The number of hydrogen-bond donors (Lipinski definition) is 2. The van der Waals surface area contributed by atoms with Gasteiger partial charge in [-0.2, -0.15) is 0 Å². The lowest BCUT2D eigenvalue weighted by molar-refractivity contribution is -0.115. The topological polar surface area (TPSA) is 101 Å². The second-order valence-corrected chi connectivity index (χ2v) is 6.66. The summed E-state index contributed by atoms with van der Waals surface area (Å²) in [4.78, 5) is 19.5. The van der Waals surface area contributed by atoms with Crippen LogP contribution in [0, 0.1) is 13.8 Å². The summed E-state index contributed by atoms with van der Waals surface area (Å²) in [6.07, 6.45) is 0.355. The summed E-state index contributed by atoms with van der Waals surface area (Å²) in [5.41, 5.74) is 1.22. The fraction of sp³-hybridized carbons (Fsp3) is 0.267. The molecular weight excluding hydrogens is 316 g/mol. The van der Waals surface area contributed by atoms with Gasteiger partial charge < -0.3 is 5.32 Å². The average Bonchev–Trinajstić information content (AvgIpc) is 2.46. The zero-order chi connectivity index (χ0) is 17.0. The lowest BCUT2D eigenvalue weighted by Crippen LogP contribution is -2.15. The van der Waals surface area contributed by atoms with E-state index in [1.54, 1.807) is 39.0 Å². The van der Waals surface area contributed by atoms with Crippen molar-refractivity contribution in [2.24, 2.45) is 0 Å². The first kappa shape index (κ1) is 16.9. The Hall–Kier alpha value is -2.48. The molecule has 2 N–H and O–H groups in total. The van der Waals surface area contributed by atoms with Crippen LogP contribution in [0.25, 0.3) is 0 Å². The third kappa shape index (κ3) is 4.49. The molecular formula is C15H18N4O3S. The molecule has 0 fully saturated rings. The van der Waals surface area contributed by atoms with Gasteiger partial charge in [-0.25, -0.2) is 18.4 Å². The number of nitrogens with zero attached hydrogens (tertiary/aromatic N) is 2. The van der Waals surface area contributed by atoms with E-state index in [4.69, 9.17) is 0 Å². The highest BCUT2D eigenvalue weighted by atomic mass is 32.2. The molecule has 0 saturated heterocycles. The number of rotatable bonds is 5. The molecule has 0 aliphatic rings. The Kier molecular flexibility index (Phi) is 4.95. The number of nitrogens with one attached hydrogen (secondary N) is 2. The minimum atomic E-state index is -3.75. The van der Waals surface area contributed by atoms with E-state index in [1.807, 2.05) is 0 Å². The number of carbonyl (C=O) groups excluding carboxylic acids is 1. The van der Waals surface area contributed by atoms with Crippen molar-refractivity contribution < 1.29 is 13.2 Å². The van der Waals surface area contributed by atoms with Crippen molar-refractivity contribution in [3.63, 3.8) is 0 Å². The van der Waals surface area contributed by atoms with Crippen LogP contribution >= 0.6 is 0 Å². The van der Waals surface area contributed by atoms with E-state index in [0.29, 0.717) is 23.6 Å². The van der Waals surface area contributed by atoms with E-state index >= 15 is 0 Å². The van der Waals surface area contributed by atoms with Crippen LogP contribution in [0.3, 0.4) is 0 Å². The standard InChI is InChI=1S/C15H18N4O3S/c1-4-15(20)18-12-5-7-13(8-6-12)23(21,22)19-14-9-10(2)16-11(3)17-14/h5-9H,4H2,1-3H3,(H,18,20)(H,16,17,19). The molecule has 0 spiro atoms. The van der Waals surface area contributed by atoms with E-state index in [-0.39, 0.29) is 16.6 Å². The van der Waals surface area contributed by atoms with Gasteiger partial charge in [-0.15, -0.1) is 0 Å². The fourth-order valence-electron chi connectivity index (χ4n) is 1.93. The lowest BCUT2D eigenvalue weighted by atomic mass is 10.3. The van der Waals surface area contributed by atoms with E-state index in [9.17, 15) is 13.2 Å². The van der Waals surface area contributed by atoms with Crippen LogP contribution in [0.2, 0.25) is 0 Å². The maximum atomic E-state index is 12.4. The number of amides is 1. The Morgan fingerprint density at radius 3 is 2.35 bits per heavy atom. The summed E-state index contributed by atoms with van der Waals surface area (Å²) in [7, 11) is -3.75. The molecule has 0 unspecified atom stereocenters. The molecule has 0 aliphatic heterocycles. The van der Waals surface area contributed by atoms with Crippen molar-refractivity contribution in [2.75, 3.05) is 10.0 Å². The zero-order valence-corrected chi connectivity index (χ0v) is 13.9. The van der Waals surface area contributed by atoms with Gasteiger partial charge in [-0.1, -0.05) is 6.92 Å². The molecule has 7 nitrogen and oxygen atoms in total. The molecule has 8 heteroatoms. The van der Waals surface area contributed by atoms with Gasteiger partial charge in [0, 0.05) is 23.9 Å². The molecule has 0 saturated carbocycles. The molecule has 2 rings (SSSR count). The van der Waals surface area contributed by atoms with Crippen LogP contribution < -0.4 is 10.0 Å². The van der Waals surface area contributed by atoms with Crippen molar-refractivity contribution >= 4 is 27.4 Å². The Morgan fingerprint density at radius 2 is 1.78 bits per heavy atom. The highest BCUT2D eigenvalue weighted by Gasteiger charge is 2.15. The second-order valence-electron chi connectivity index (χ2n) is 4.97. The summed E-state index contributed by atoms with van der Waals surface area (Å²) >= 11 is 0. The van der Waals surface area contributed by atoms with Crippen LogP contribution in [0.15, 0.2) is 35.2 Å². The molecule has 2 aromatic rings. The molecule has 0 bridgehead atoms. The number of aromatic nitrogens is 2. The van der Waals surface area contributed by atoms with Gasteiger partial charge in [0.15, 0.2) is 0 Å². The molecule has 0 radical (unpaired) electrons. The first-order valence-electron chi connectivity index (χ1n) is 7.05. The average molecular weight is 334 g/mol. The van der Waals surface area contributed by atoms with Crippen molar-refractivity contribution in [1.29, 1.82) is 0 Å². The van der Waals surface area contributed by atoms with Gasteiger partial charge in [0.2, 0.25) is 5.91 Å². The van der Waals surface area contributed by atoms with Crippen LogP contribution in [0.1, 0.15) is 24.9 Å². The first-order valence-corrected chi connectivity index (χ1v) is 8.53. The number of aryl methyl sites for hydroxylation is 2. The molecule has 0 atom stereocenters. The van der Waals surface area contributed by atoms with Crippen molar-refractivity contribution in [1.82, 2.24) is 9.97 Å². The summed E-state index contributed by atoms with van der Waals surface area (Å²) in [6.45, 7) is 5.19. The van der Waals surface area contributed by atoms with E-state index in [1.165, 1.54) is 12.1 Å². The predicted molar refractivity (Wildman–Crippen MR) is 87.7 cm³/mol. The number of sulfonamides is 1. The van der Waals surface area contributed by atoms with Crippen LogP contribution in [-0.4, -0.2) is 24.3 Å². The lowest BCUT2D eigenvalue weighted by Gasteiger charge is -2.09. The highest BCUT2D eigenvalue weighted by molar-refractivity contribution is 7.92. The molecule has 122 valence electrons. The minimum absolute atomic E-state index is 0.0842. The van der Waals surface area contributed by atoms with Gasteiger partial charge in [0.1, 0.15) is 11.6 Å². The number of hydrogen-bond acceptors (Lipinski definition) is 5. The number of benzene rings is 1. The molecule has 0 aliphatic carbocycles. The molecule has 1 heterocycles. The summed E-state index contributed by atoms with van der Waals surface area (Å²) in [5, 5.41) is 2.66. The van der Waals surface area contributed by atoms with Gasteiger partial charge in [-0.3, -0.25) is 9.52 Å². The molecule has 1 amide bonds. The van der Waals surface area contributed by atoms with Crippen molar-refractivity contribution in [3.05, 3.63) is 41.9 Å². The van der Waals surface area contributed by atoms with Gasteiger partial charge in [0.25, 0.3) is 10.0 Å². The summed E-state index contributed by atoms with van der Waals surface area (Å²) in [5.74, 6) is 0.573. The highest BCUT2D eigenvalue weighted by Crippen LogP contribution is 2.17. The maximum Gasteiger partial charge on any atom is 0.263 e. The fourth-order valence-corrected chi connectivity index (χ4v) is 2.92. The third-order valence-corrected chi connectivity index (χ3v) is 4.35. The van der Waals surface area contributed by atoms with Gasteiger partial charge in [0.05, 0.1) is 4.90 Å². The van der Waals surface area contributed by atoms with Crippen LogP contribution in [0.4, 0.5) is 11.5 Å². The summed E-state index contributed by atoms with van der Waals surface area (Å²) in [6, 6.07) is 7.49. The smallest absolute Gasteiger partial charge is 0.263 e. The molecule has 1 aromatic carbocycles. The molecule has 23 heavy (non-hydrogen) atoms. The minimum Gasteiger partial charge on any atom is -0.326 e. The quantitative estimate of drug-likeness (QED) is 0.873. The normalized spacial score (nSPS) is 11.1. The van der Waals surface area contributed by atoms with Crippen molar-refractivity contribution in [2.45, 2.75) is 32.1 Å². The van der Waals surface area contributed by atoms with Gasteiger partial charge >= 0.3 is 0 Å². The third-order valence-electron chi connectivity index (χ3n) is 2.97. The van der Waals surface area contributed by atoms with Crippen LogP contribution in [-0.2, 0) is 14.8 Å². The Bertz CT molecular complexity index is 797. The summed E-state index contributed by atoms with van der Waals surface area (Å²) < 4.78 is 27.1. The second kappa shape index (κ2) is 6.74. The monoisotopic (exact) mass is 334 g/mol. The maximum absolute atomic E-state index is 12.4. The van der Waals surface area contributed by atoms with Crippen LogP contribution in [0.5, 0.6) is 0 Å². The Morgan fingerprint density at radius 1 is 1.13 bits per heavy atom. The number of carbonyl (C=O) groups is 1. The van der Waals surface area contributed by atoms with E-state index in [2.05, 4.69) is 20.0 Å². The predicted octanol–water partition coefficient (Wildman–Crippen LogP) is 2.24.